The van der Waals surface area contributed by atoms with Crippen LogP contribution in [0, 0.1) is 5.92 Å². The van der Waals surface area contributed by atoms with E-state index in [9.17, 15) is 9.59 Å². The molecule has 1 aliphatic heterocycles. The second-order valence-corrected chi connectivity index (χ2v) is 5.91. The topological polar surface area (TPSA) is 84.7 Å². The predicted octanol–water partition coefficient (Wildman–Crippen LogP) is 0.629. The van der Waals surface area contributed by atoms with E-state index in [1.807, 2.05) is 35.2 Å². The molecule has 0 radical (unpaired) electrons. The van der Waals surface area contributed by atoms with Crippen molar-refractivity contribution < 1.29 is 14.3 Å². The van der Waals surface area contributed by atoms with Crippen molar-refractivity contribution in [3.8, 4) is 0 Å². The number of hydrogen-bond acceptors (Lipinski definition) is 4. The van der Waals surface area contributed by atoms with Gasteiger partial charge in [0.1, 0.15) is 6.04 Å². The van der Waals surface area contributed by atoms with Crippen LogP contribution in [0.25, 0.3) is 0 Å². The Morgan fingerprint density at radius 3 is 2.57 bits per heavy atom. The van der Waals surface area contributed by atoms with Crippen LogP contribution in [0.4, 0.5) is 0 Å². The highest BCUT2D eigenvalue weighted by Gasteiger charge is 2.24. The fraction of sp³-hybridized carbons (Fsp3) is 0.529. The summed E-state index contributed by atoms with van der Waals surface area (Å²) in [5.41, 5.74) is 6.41. The first-order valence-corrected chi connectivity index (χ1v) is 7.98. The summed E-state index contributed by atoms with van der Waals surface area (Å²) in [5, 5.41) is 2.87. The van der Waals surface area contributed by atoms with Crippen LogP contribution in [-0.2, 0) is 9.53 Å². The minimum Gasteiger partial charge on any atom is -0.383 e. The molecule has 0 aromatic heterocycles. The van der Waals surface area contributed by atoms with Crippen molar-refractivity contribution in [3.05, 3.63) is 35.9 Å². The monoisotopic (exact) mass is 319 g/mol. The molecule has 0 bridgehead atoms. The number of amides is 2. The van der Waals surface area contributed by atoms with Gasteiger partial charge in [-0.2, -0.15) is 0 Å². The fourth-order valence-corrected chi connectivity index (χ4v) is 2.73. The van der Waals surface area contributed by atoms with Crippen LogP contribution in [-0.4, -0.2) is 56.1 Å². The van der Waals surface area contributed by atoms with Gasteiger partial charge in [-0.05, 0) is 30.9 Å². The summed E-state index contributed by atoms with van der Waals surface area (Å²) in [6.45, 7) is 2.26. The number of benzene rings is 1. The molecular formula is C17H25N3O3. The molecule has 1 aliphatic rings. The molecule has 23 heavy (non-hydrogen) atoms. The number of nitrogens with two attached hydrogens (primary N) is 1. The SMILES string of the molecule is COCC(N)C(=O)NCC1CCN(C(=O)c2ccccc2)CC1. The first kappa shape index (κ1) is 17.4. The lowest BCUT2D eigenvalue weighted by molar-refractivity contribution is -0.123. The van der Waals surface area contributed by atoms with E-state index in [1.54, 1.807) is 0 Å². The molecule has 6 nitrogen and oxygen atoms in total. The number of hydrogen-bond donors (Lipinski definition) is 2. The van der Waals surface area contributed by atoms with E-state index in [4.69, 9.17) is 10.5 Å². The van der Waals surface area contributed by atoms with Crippen LogP contribution < -0.4 is 11.1 Å². The van der Waals surface area contributed by atoms with E-state index in [2.05, 4.69) is 5.32 Å². The maximum absolute atomic E-state index is 12.4. The quantitative estimate of drug-likeness (QED) is 0.805. The smallest absolute Gasteiger partial charge is 0.253 e. The molecule has 3 N–H and O–H groups in total. The van der Waals surface area contributed by atoms with Crippen LogP contribution in [0.15, 0.2) is 30.3 Å². The zero-order chi connectivity index (χ0) is 16.7. The standard InChI is InChI=1S/C17H25N3O3/c1-23-12-15(18)16(21)19-11-13-7-9-20(10-8-13)17(22)14-5-3-2-4-6-14/h2-6,13,15H,7-12,18H2,1H3,(H,19,21). The van der Waals surface area contributed by atoms with E-state index in [0.717, 1.165) is 31.5 Å². The van der Waals surface area contributed by atoms with Gasteiger partial charge in [0.15, 0.2) is 0 Å². The molecule has 0 spiro atoms. The number of ether oxygens (including phenoxy) is 1. The number of likely N-dealkylation sites (tertiary alicyclic amines) is 1. The zero-order valence-corrected chi connectivity index (χ0v) is 13.5. The van der Waals surface area contributed by atoms with Gasteiger partial charge in [-0.3, -0.25) is 9.59 Å². The molecule has 0 aliphatic carbocycles. The van der Waals surface area contributed by atoms with E-state index in [0.29, 0.717) is 12.5 Å². The fourth-order valence-electron chi connectivity index (χ4n) is 2.73. The van der Waals surface area contributed by atoms with Crippen molar-refractivity contribution in [2.24, 2.45) is 11.7 Å². The van der Waals surface area contributed by atoms with Gasteiger partial charge in [0.05, 0.1) is 6.61 Å². The molecule has 1 unspecified atom stereocenters. The third kappa shape index (κ3) is 5.04. The summed E-state index contributed by atoms with van der Waals surface area (Å²) >= 11 is 0. The van der Waals surface area contributed by atoms with Crippen LogP contribution >= 0.6 is 0 Å². The average Bonchev–Trinajstić information content (AvgIpc) is 2.60. The summed E-state index contributed by atoms with van der Waals surface area (Å²) in [6.07, 6.45) is 1.77. The highest BCUT2D eigenvalue weighted by atomic mass is 16.5. The van der Waals surface area contributed by atoms with Crippen molar-refractivity contribution in [1.82, 2.24) is 10.2 Å². The van der Waals surface area contributed by atoms with Crippen molar-refractivity contribution in [3.63, 3.8) is 0 Å². The van der Waals surface area contributed by atoms with Gasteiger partial charge in [0.25, 0.3) is 5.91 Å². The van der Waals surface area contributed by atoms with Gasteiger partial charge in [-0.1, -0.05) is 18.2 Å². The second-order valence-electron chi connectivity index (χ2n) is 5.91. The predicted molar refractivity (Wildman–Crippen MR) is 87.9 cm³/mol. The van der Waals surface area contributed by atoms with Gasteiger partial charge < -0.3 is 20.7 Å². The van der Waals surface area contributed by atoms with Crippen molar-refractivity contribution in [2.45, 2.75) is 18.9 Å². The minimum absolute atomic E-state index is 0.0789. The van der Waals surface area contributed by atoms with Crippen molar-refractivity contribution in [1.29, 1.82) is 0 Å². The van der Waals surface area contributed by atoms with Crippen LogP contribution in [0.1, 0.15) is 23.2 Å². The maximum Gasteiger partial charge on any atom is 0.253 e. The summed E-state index contributed by atoms with van der Waals surface area (Å²) in [4.78, 5) is 26.0. The Kier molecular flexibility index (Phi) is 6.55. The van der Waals surface area contributed by atoms with E-state index >= 15 is 0 Å². The number of carbonyl (C=O) groups is 2. The second kappa shape index (κ2) is 8.64. The lowest BCUT2D eigenvalue weighted by Crippen LogP contribution is -2.46. The Balaban J connectivity index is 1.74. The van der Waals surface area contributed by atoms with E-state index < -0.39 is 6.04 Å². The normalized spacial score (nSPS) is 16.9. The summed E-state index contributed by atoms with van der Waals surface area (Å²) in [7, 11) is 1.52. The highest BCUT2D eigenvalue weighted by Crippen LogP contribution is 2.18. The largest absolute Gasteiger partial charge is 0.383 e. The molecule has 6 heteroatoms. The lowest BCUT2D eigenvalue weighted by atomic mass is 9.96. The molecule has 1 aromatic rings. The van der Waals surface area contributed by atoms with Gasteiger partial charge in [0, 0.05) is 32.3 Å². The lowest BCUT2D eigenvalue weighted by Gasteiger charge is -2.32. The Morgan fingerprint density at radius 1 is 1.30 bits per heavy atom. The number of methoxy groups -OCH3 is 1. The Morgan fingerprint density at radius 2 is 1.96 bits per heavy atom. The van der Waals surface area contributed by atoms with Gasteiger partial charge in [-0.15, -0.1) is 0 Å². The average molecular weight is 319 g/mol. The number of nitrogens with one attached hydrogen (secondary N) is 1. The molecular weight excluding hydrogens is 294 g/mol. The zero-order valence-electron chi connectivity index (χ0n) is 13.5. The molecule has 1 aromatic carbocycles. The number of rotatable bonds is 6. The molecule has 126 valence electrons. The van der Waals surface area contributed by atoms with Gasteiger partial charge in [-0.25, -0.2) is 0 Å². The maximum atomic E-state index is 12.4. The third-order valence-corrected chi connectivity index (χ3v) is 4.17. The molecule has 0 saturated carbocycles. The highest BCUT2D eigenvalue weighted by molar-refractivity contribution is 5.94. The van der Waals surface area contributed by atoms with Gasteiger partial charge in [0.2, 0.25) is 5.91 Å². The first-order chi connectivity index (χ1) is 11.1. The minimum atomic E-state index is -0.625. The Hall–Kier alpha value is -1.92. The Labute approximate surface area is 137 Å². The summed E-state index contributed by atoms with van der Waals surface area (Å²) < 4.78 is 4.87. The molecule has 2 rings (SSSR count). The number of piperidine rings is 1. The van der Waals surface area contributed by atoms with Gasteiger partial charge >= 0.3 is 0 Å². The first-order valence-electron chi connectivity index (χ1n) is 7.98. The molecule has 1 saturated heterocycles. The molecule has 2 amide bonds. The summed E-state index contributed by atoms with van der Waals surface area (Å²) in [5.74, 6) is 0.276. The third-order valence-electron chi connectivity index (χ3n) is 4.17. The van der Waals surface area contributed by atoms with E-state index in [-0.39, 0.29) is 18.4 Å². The summed E-state index contributed by atoms with van der Waals surface area (Å²) in [6, 6.07) is 8.70. The molecule has 1 atom stereocenters. The van der Waals surface area contributed by atoms with Crippen molar-refractivity contribution >= 4 is 11.8 Å². The van der Waals surface area contributed by atoms with Crippen LogP contribution in [0.5, 0.6) is 0 Å². The number of carbonyl (C=O) groups excluding carboxylic acids is 2. The van der Waals surface area contributed by atoms with Crippen LogP contribution in [0.2, 0.25) is 0 Å². The Bertz CT molecular complexity index is 513. The molecule has 1 heterocycles. The number of nitrogens with zero attached hydrogens (tertiary/aromatic N) is 1. The van der Waals surface area contributed by atoms with E-state index in [1.165, 1.54) is 7.11 Å². The molecule has 1 fully saturated rings. The van der Waals surface area contributed by atoms with Crippen LogP contribution in [0.3, 0.4) is 0 Å². The van der Waals surface area contributed by atoms with Crippen molar-refractivity contribution in [2.75, 3.05) is 33.4 Å².